The summed E-state index contributed by atoms with van der Waals surface area (Å²) in [6, 6.07) is 5.70. The average molecular weight is 259 g/mol. The number of aromatic nitrogens is 2. The van der Waals surface area contributed by atoms with E-state index in [4.69, 9.17) is 9.47 Å². The number of methoxy groups -OCH3 is 2. The van der Waals surface area contributed by atoms with Gasteiger partial charge in [0.05, 0.1) is 32.2 Å². The molecule has 1 aromatic heterocycles. The highest BCUT2D eigenvalue weighted by atomic mass is 16.5. The van der Waals surface area contributed by atoms with Crippen LogP contribution in [0.15, 0.2) is 36.8 Å². The molecule has 1 heterocycles. The van der Waals surface area contributed by atoms with Crippen molar-refractivity contribution in [3.05, 3.63) is 48.0 Å². The van der Waals surface area contributed by atoms with Crippen LogP contribution in [0.1, 0.15) is 17.3 Å². The standard InChI is InChI=1S/C14H17N3O2/c1-15-14(13-9-16-4-5-17-13)10-6-11(18-2)8-12(7-10)19-3/h4-9,14-15H,1-3H3. The number of nitrogens with one attached hydrogen (secondary N) is 1. The monoisotopic (exact) mass is 259 g/mol. The van der Waals surface area contributed by atoms with E-state index in [0.717, 1.165) is 22.8 Å². The SMILES string of the molecule is CNC(c1cc(OC)cc(OC)c1)c1cnccn1. The van der Waals surface area contributed by atoms with E-state index in [9.17, 15) is 0 Å². The van der Waals surface area contributed by atoms with Crippen molar-refractivity contribution < 1.29 is 9.47 Å². The van der Waals surface area contributed by atoms with Gasteiger partial charge in [0.15, 0.2) is 0 Å². The summed E-state index contributed by atoms with van der Waals surface area (Å²) in [7, 11) is 5.15. The van der Waals surface area contributed by atoms with Gasteiger partial charge in [0.2, 0.25) is 0 Å². The predicted octanol–water partition coefficient (Wildman–Crippen LogP) is 1.80. The Morgan fingerprint density at radius 2 is 1.74 bits per heavy atom. The normalized spacial score (nSPS) is 11.9. The first-order chi connectivity index (χ1) is 9.28. The Labute approximate surface area is 112 Å². The van der Waals surface area contributed by atoms with Crippen molar-refractivity contribution in [3.8, 4) is 11.5 Å². The second kappa shape index (κ2) is 6.15. The van der Waals surface area contributed by atoms with E-state index in [-0.39, 0.29) is 6.04 Å². The van der Waals surface area contributed by atoms with Crippen LogP contribution in [0, 0.1) is 0 Å². The highest BCUT2D eigenvalue weighted by Crippen LogP contribution is 2.28. The third-order valence-electron chi connectivity index (χ3n) is 2.87. The lowest BCUT2D eigenvalue weighted by Crippen LogP contribution is -2.19. The van der Waals surface area contributed by atoms with Crippen molar-refractivity contribution in [2.75, 3.05) is 21.3 Å². The average Bonchev–Trinajstić information content (AvgIpc) is 2.48. The Balaban J connectivity index is 2.43. The molecule has 1 unspecified atom stereocenters. The molecule has 0 fully saturated rings. The number of rotatable bonds is 5. The maximum atomic E-state index is 5.28. The van der Waals surface area contributed by atoms with Crippen molar-refractivity contribution in [2.24, 2.45) is 0 Å². The highest BCUT2D eigenvalue weighted by molar-refractivity contribution is 5.41. The Morgan fingerprint density at radius 1 is 1.05 bits per heavy atom. The van der Waals surface area contributed by atoms with E-state index in [1.165, 1.54) is 0 Å². The summed E-state index contributed by atoms with van der Waals surface area (Å²) in [5, 5.41) is 3.22. The topological polar surface area (TPSA) is 56.3 Å². The second-order valence-corrected chi connectivity index (χ2v) is 4.00. The van der Waals surface area contributed by atoms with Crippen molar-refractivity contribution in [1.29, 1.82) is 0 Å². The lowest BCUT2D eigenvalue weighted by Gasteiger charge is -2.17. The van der Waals surface area contributed by atoms with Gasteiger partial charge in [0.25, 0.3) is 0 Å². The van der Waals surface area contributed by atoms with Gasteiger partial charge in [-0.3, -0.25) is 9.97 Å². The fourth-order valence-electron chi connectivity index (χ4n) is 1.94. The molecule has 0 radical (unpaired) electrons. The maximum absolute atomic E-state index is 5.28. The minimum absolute atomic E-state index is 0.0577. The molecule has 0 aliphatic rings. The fourth-order valence-corrected chi connectivity index (χ4v) is 1.94. The molecule has 1 atom stereocenters. The molecular weight excluding hydrogens is 242 g/mol. The van der Waals surface area contributed by atoms with Gasteiger partial charge in [-0.15, -0.1) is 0 Å². The van der Waals surface area contributed by atoms with Crippen LogP contribution in [0.2, 0.25) is 0 Å². The van der Waals surface area contributed by atoms with E-state index in [0.29, 0.717) is 0 Å². The molecule has 0 aliphatic heterocycles. The fraction of sp³-hybridized carbons (Fsp3) is 0.286. The molecule has 19 heavy (non-hydrogen) atoms. The van der Waals surface area contributed by atoms with Crippen LogP contribution < -0.4 is 14.8 Å². The third-order valence-corrected chi connectivity index (χ3v) is 2.87. The van der Waals surface area contributed by atoms with E-state index in [1.54, 1.807) is 32.8 Å². The number of hydrogen-bond donors (Lipinski definition) is 1. The summed E-state index contributed by atoms with van der Waals surface area (Å²) in [6.45, 7) is 0. The van der Waals surface area contributed by atoms with Crippen molar-refractivity contribution in [3.63, 3.8) is 0 Å². The van der Waals surface area contributed by atoms with E-state index < -0.39 is 0 Å². The van der Waals surface area contributed by atoms with Gasteiger partial charge in [-0.25, -0.2) is 0 Å². The first kappa shape index (κ1) is 13.3. The lowest BCUT2D eigenvalue weighted by molar-refractivity contribution is 0.392. The van der Waals surface area contributed by atoms with Crippen LogP contribution in [-0.4, -0.2) is 31.2 Å². The molecule has 5 nitrogen and oxygen atoms in total. The molecule has 2 rings (SSSR count). The second-order valence-electron chi connectivity index (χ2n) is 4.00. The third kappa shape index (κ3) is 3.00. The van der Waals surface area contributed by atoms with Crippen molar-refractivity contribution >= 4 is 0 Å². The number of nitrogens with zero attached hydrogens (tertiary/aromatic N) is 2. The first-order valence-corrected chi connectivity index (χ1v) is 5.94. The lowest BCUT2D eigenvalue weighted by atomic mass is 10.0. The van der Waals surface area contributed by atoms with Gasteiger partial charge in [-0.05, 0) is 24.7 Å². The van der Waals surface area contributed by atoms with Crippen molar-refractivity contribution in [2.45, 2.75) is 6.04 Å². The molecule has 0 amide bonds. The van der Waals surface area contributed by atoms with Gasteiger partial charge in [-0.2, -0.15) is 0 Å². The summed E-state index contributed by atoms with van der Waals surface area (Å²) >= 11 is 0. The number of hydrogen-bond acceptors (Lipinski definition) is 5. The first-order valence-electron chi connectivity index (χ1n) is 5.94. The number of ether oxygens (including phenoxy) is 2. The summed E-state index contributed by atoms with van der Waals surface area (Å²) in [4.78, 5) is 8.43. The Hall–Kier alpha value is -2.14. The molecule has 0 aliphatic carbocycles. The summed E-state index contributed by atoms with van der Waals surface area (Å²) in [6.07, 6.45) is 5.08. The summed E-state index contributed by atoms with van der Waals surface area (Å²) in [5.74, 6) is 1.50. The van der Waals surface area contributed by atoms with Gasteiger partial charge in [0.1, 0.15) is 11.5 Å². The molecule has 5 heteroatoms. The zero-order valence-corrected chi connectivity index (χ0v) is 11.3. The van der Waals surface area contributed by atoms with E-state index in [2.05, 4.69) is 15.3 Å². The van der Waals surface area contributed by atoms with E-state index >= 15 is 0 Å². The minimum atomic E-state index is -0.0577. The van der Waals surface area contributed by atoms with Crippen LogP contribution >= 0.6 is 0 Å². The van der Waals surface area contributed by atoms with Crippen LogP contribution in [0.25, 0.3) is 0 Å². The number of benzene rings is 1. The summed E-state index contributed by atoms with van der Waals surface area (Å²) in [5.41, 5.74) is 1.86. The van der Waals surface area contributed by atoms with Gasteiger partial charge in [0, 0.05) is 18.5 Å². The molecule has 0 saturated heterocycles. The van der Waals surface area contributed by atoms with Gasteiger partial charge in [-0.1, -0.05) is 0 Å². The maximum Gasteiger partial charge on any atom is 0.122 e. The minimum Gasteiger partial charge on any atom is -0.497 e. The Kier molecular flexibility index (Phi) is 4.30. The largest absolute Gasteiger partial charge is 0.497 e. The molecule has 2 aromatic rings. The van der Waals surface area contributed by atoms with Gasteiger partial charge >= 0.3 is 0 Å². The Morgan fingerprint density at radius 3 is 2.21 bits per heavy atom. The van der Waals surface area contributed by atoms with Gasteiger partial charge < -0.3 is 14.8 Å². The molecule has 0 bridgehead atoms. The van der Waals surface area contributed by atoms with E-state index in [1.807, 2.05) is 25.2 Å². The Bertz CT molecular complexity index is 509. The van der Waals surface area contributed by atoms with Crippen LogP contribution in [-0.2, 0) is 0 Å². The molecule has 100 valence electrons. The molecule has 0 spiro atoms. The van der Waals surface area contributed by atoms with Crippen molar-refractivity contribution in [1.82, 2.24) is 15.3 Å². The van der Waals surface area contributed by atoms with Crippen LogP contribution in [0.3, 0.4) is 0 Å². The quantitative estimate of drug-likeness (QED) is 0.887. The predicted molar refractivity (Wildman–Crippen MR) is 72.5 cm³/mol. The zero-order chi connectivity index (χ0) is 13.7. The molecular formula is C14H17N3O2. The zero-order valence-electron chi connectivity index (χ0n) is 11.3. The smallest absolute Gasteiger partial charge is 0.122 e. The highest BCUT2D eigenvalue weighted by Gasteiger charge is 2.15. The molecule has 1 aromatic carbocycles. The van der Waals surface area contributed by atoms with Crippen LogP contribution in [0.4, 0.5) is 0 Å². The summed E-state index contributed by atoms with van der Waals surface area (Å²) < 4.78 is 10.6. The molecule has 1 N–H and O–H groups in total. The molecule has 0 saturated carbocycles. The van der Waals surface area contributed by atoms with Crippen LogP contribution in [0.5, 0.6) is 11.5 Å².